The van der Waals surface area contributed by atoms with Crippen molar-refractivity contribution < 1.29 is 18.8 Å². The summed E-state index contributed by atoms with van der Waals surface area (Å²) in [5.41, 5.74) is 2.04. The normalized spacial score (nSPS) is 16.4. The van der Waals surface area contributed by atoms with Gasteiger partial charge in [-0.2, -0.15) is 0 Å². The van der Waals surface area contributed by atoms with Gasteiger partial charge in [-0.15, -0.1) is 0 Å². The zero-order valence-electron chi connectivity index (χ0n) is 16.0. The molecule has 29 heavy (non-hydrogen) atoms. The highest BCUT2D eigenvalue weighted by atomic mass is 16.5. The third-order valence-corrected chi connectivity index (χ3v) is 4.70. The van der Waals surface area contributed by atoms with E-state index in [1.165, 1.54) is 0 Å². The number of aromatic nitrogens is 1. The van der Waals surface area contributed by atoms with E-state index in [1.54, 1.807) is 35.2 Å². The minimum Gasteiger partial charge on any atom is -0.375 e. The van der Waals surface area contributed by atoms with Crippen molar-refractivity contribution in [2.45, 2.75) is 13.0 Å². The van der Waals surface area contributed by atoms with Gasteiger partial charge in [0.1, 0.15) is 0 Å². The first kappa shape index (κ1) is 18.9. The van der Waals surface area contributed by atoms with Crippen molar-refractivity contribution in [3.05, 3.63) is 71.9 Å². The number of ether oxygens (including phenoxy) is 1. The molecule has 1 atom stereocenters. The molecule has 4 rings (SSSR count). The van der Waals surface area contributed by atoms with Gasteiger partial charge in [-0.25, -0.2) is 0 Å². The molecule has 0 bridgehead atoms. The van der Waals surface area contributed by atoms with Gasteiger partial charge in [0.15, 0.2) is 11.5 Å². The second kappa shape index (κ2) is 8.28. The summed E-state index contributed by atoms with van der Waals surface area (Å²) in [4.78, 5) is 27.0. The van der Waals surface area contributed by atoms with Crippen molar-refractivity contribution in [1.29, 1.82) is 0 Å². The molecule has 1 aromatic heterocycles. The molecule has 2 aromatic carbocycles. The van der Waals surface area contributed by atoms with E-state index >= 15 is 0 Å². The first-order chi connectivity index (χ1) is 14.1. The molecule has 148 valence electrons. The van der Waals surface area contributed by atoms with E-state index in [0.29, 0.717) is 36.7 Å². The highest BCUT2D eigenvalue weighted by Gasteiger charge is 2.23. The number of morpholine rings is 1. The van der Waals surface area contributed by atoms with Gasteiger partial charge in [-0.3, -0.25) is 9.59 Å². The maximum absolute atomic E-state index is 12.7. The SMILES string of the molecule is CC1CN(C(=O)c2cccc(NC(=O)c3cc(-c4ccccc4)on3)c2)CCO1. The molecule has 0 aliphatic carbocycles. The molecule has 3 aromatic rings. The zero-order chi connectivity index (χ0) is 20.2. The Morgan fingerprint density at radius 2 is 1.93 bits per heavy atom. The summed E-state index contributed by atoms with van der Waals surface area (Å²) in [6.45, 7) is 3.58. The van der Waals surface area contributed by atoms with Crippen LogP contribution in [0.1, 0.15) is 27.8 Å². The Morgan fingerprint density at radius 1 is 1.10 bits per heavy atom. The molecule has 1 N–H and O–H groups in total. The number of amides is 2. The molecular weight excluding hydrogens is 370 g/mol. The quantitative estimate of drug-likeness (QED) is 0.736. The molecule has 0 spiro atoms. The van der Waals surface area contributed by atoms with E-state index < -0.39 is 5.91 Å². The molecular formula is C22H21N3O4. The van der Waals surface area contributed by atoms with Gasteiger partial charge in [-0.1, -0.05) is 41.6 Å². The van der Waals surface area contributed by atoms with Crippen molar-refractivity contribution in [2.75, 3.05) is 25.0 Å². The van der Waals surface area contributed by atoms with Crippen LogP contribution in [0.4, 0.5) is 5.69 Å². The fraction of sp³-hybridized carbons (Fsp3) is 0.227. The molecule has 2 amide bonds. The maximum Gasteiger partial charge on any atom is 0.277 e. The zero-order valence-corrected chi connectivity index (χ0v) is 16.0. The van der Waals surface area contributed by atoms with Crippen molar-refractivity contribution in [3.8, 4) is 11.3 Å². The number of carbonyl (C=O) groups excluding carboxylic acids is 2. The van der Waals surface area contributed by atoms with E-state index in [1.807, 2.05) is 37.3 Å². The molecule has 1 saturated heterocycles. The lowest BCUT2D eigenvalue weighted by molar-refractivity contribution is -0.0124. The molecule has 1 fully saturated rings. The highest BCUT2D eigenvalue weighted by Crippen LogP contribution is 2.21. The Kier molecular flexibility index (Phi) is 5.39. The lowest BCUT2D eigenvalue weighted by Gasteiger charge is -2.31. The standard InChI is InChI=1S/C22H21N3O4/c1-15-14-25(10-11-28-15)22(27)17-8-5-9-18(12-17)23-21(26)19-13-20(29-24-19)16-6-3-2-4-7-16/h2-9,12-13,15H,10-11,14H2,1H3,(H,23,26). The lowest BCUT2D eigenvalue weighted by Crippen LogP contribution is -2.44. The molecule has 0 saturated carbocycles. The van der Waals surface area contributed by atoms with Crippen molar-refractivity contribution in [1.82, 2.24) is 10.1 Å². The molecule has 7 nitrogen and oxygen atoms in total. The van der Waals surface area contributed by atoms with Crippen LogP contribution in [0.15, 0.2) is 65.2 Å². The Labute approximate surface area is 168 Å². The summed E-state index contributed by atoms with van der Waals surface area (Å²) in [7, 11) is 0. The fourth-order valence-electron chi connectivity index (χ4n) is 3.23. The Morgan fingerprint density at radius 3 is 2.72 bits per heavy atom. The molecule has 1 aliphatic heterocycles. The van der Waals surface area contributed by atoms with E-state index in [2.05, 4.69) is 10.5 Å². The highest BCUT2D eigenvalue weighted by molar-refractivity contribution is 6.04. The number of nitrogens with one attached hydrogen (secondary N) is 1. The van der Waals surface area contributed by atoms with Crippen molar-refractivity contribution in [2.24, 2.45) is 0 Å². The van der Waals surface area contributed by atoms with E-state index in [-0.39, 0.29) is 17.7 Å². The van der Waals surface area contributed by atoms with Gasteiger partial charge < -0.3 is 19.5 Å². The minimum atomic E-state index is -0.402. The third kappa shape index (κ3) is 4.35. The second-order valence-electron chi connectivity index (χ2n) is 6.91. The van der Waals surface area contributed by atoms with Crippen LogP contribution in [0.3, 0.4) is 0 Å². The van der Waals surface area contributed by atoms with E-state index in [0.717, 1.165) is 5.56 Å². The van der Waals surface area contributed by atoms with E-state index in [9.17, 15) is 9.59 Å². The van der Waals surface area contributed by atoms with Gasteiger partial charge in [0, 0.05) is 36.0 Å². The summed E-state index contributed by atoms with van der Waals surface area (Å²) < 4.78 is 10.8. The Bertz CT molecular complexity index is 1020. The largest absolute Gasteiger partial charge is 0.375 e. The van der Waals surface area contributed by atoms with Crippen LogP contribution in [0.5, 0.6) is 0 Å². The number of nitrogens with zero attached hydrogens (tertiary/aromatic N) is 2. The van der Waals surface area contributed by atoms with Crippen LogP contribution >= 0.6 is 0 Å². The summed E-state index contributed by atoms with van der Waals surface area (Å²) in [5.74, 6) is 0.0330. The van der Waals surface area contributed by atoms with Gasteiger partial charge in [0.05, 0.1) is 12.7 Å². The van der Waals surface area contributed by atoms with Crippen molar-refractivity contribution in [3.63, 3.8) is 0 Å². The van der Waals surface area contributed by atoms with E-state index in [4.69, 9.17) is 9.26 Å². The predicted octanol–water partition coefficient (Wildman–Crippen LogP) is 3.45. The minimum absolute atomic E-state index is 0.0153. The van der Waals surface area contributed by atoms with Gasteiger partial charge in [0.25, 0.3) is 11.8 Å². The number of hydrogen-bond donors (Lipinski definition) is 1. The van der Waals surface area contributed by atoms with Gasteiger partial charge >= 0.3 is 0 Å². The Hall–Kier alpha value is -3.45. The molecule has 2 heterocycles. The second-order valence-corrected chi connectivity index (χ2v) is 6.91. The summed E-state index contributed by atoms with van der Waals surface area (Å²) in [5, 5.41) is 6.62. The average molecular weight is 391 g/mol. The third-order valence-electron chi connectivity index (χ3n) is 4.70. The van der Waals surface area contributed by atoms with Crippen LogP contribution in [0, 0.1) is 0 Å². The van der Waals surface area contributed by atoms with Crippen LogP contribution < -0.4 is 5.32 Å². The number of rotatable bonds is 4. The smallest absolute Gasteiger partial charge is 0.277 e. The predicted molar refractivity (Wildman–Crippen MR) is 108 cm³/mol. The van der Waals surface area contributed by atoms with Crippen molar-refractivity contribution >= 4 is 17.5 Å². The van der Waals surface area contributed by atoms with Crippen LogP contribution in [-0.4, -0.2) is 47.7 Å². The monoisotopic (exact) mass is 391 g/mol. The first-order valence-corrected chi connectivity index (χ1v) is 9.44. The molecule has 0 radical (unpaired) electrons. The average Bonchev–Trinajstić information content (AvgIpc) is 3.25. The first-order valence-electron chi connectivity index (χ1n) is 9.44. The molecule has 7 heteroatoms. The maximum atomic E-state index is 12.7. The number of carbonyl (C=O) groups is 2. The van der Waals surface area contributed by atoms with Crippen LogP contribution in [0.25, 0.3) is 11.3 Å². The van der Waals surface area contributed by atoms with Crippen LogP contribution in [-0.2, 0) is 4.74 Å². The topological polar surface area (TPSA) is 84.7 Å². The molecule has 1 unspecified atom stereocenters. The summed E-state index contributed by atoms with van der Waals surface area (Å²) >= 11 is 0. The van der Waals surface area contributed by atoms with Crippen LogP contribution in [0.2, 0.25) is 0 Å². The Balaban J connectivity index is 1.46. The number of benzene rings is 2. The number of hydrogen-bond acceptors (Lipinski definition) is 5. The molecule has 1 aliphatic rings. The fourth-order valence-corrected chi connectivity index (χ4v) is 3.23. The van der Waals surface area contributed by atoms with Gasteiger partial charge in [-0.05, 0) is 25.1 Å². The summed E-state index contributed by atoms with van der Waals surface area (Å²) in [6.07, 6.45) is 0.0153. The van der Waals surface area contributed by atoms with Gasteiger partial charge in [0.2, 0.25) is 0 Å². The number of anilines is 1. The lowest BCUT2D eigenvalue weighted by atomic mass is 10.1. The summed E-state index contributed by atoms with van der Waals surface area (Å²) in [6, 6.07) is 17.9.